The molecule has 1 aromatic rings. The Bertz CT molecular complexity index is 679. The second kappa shape index (κ2) is 5.72. The van der Waals surface area contributed by atoms with Gasteiger partial charge in [-0.1, -0.05) is 12.5 Å². The van der Waals surface area contributed by atoms with Gasteiger partial charge in [0.2, 0.25) is 0 Å². The fourth-order valence-corrected chi connectivity index (χ4v) is 6.20. The predicted molar refractivity (Wildman–Crippen MR) is 78.1 cm³/mol. The Morgan fingerprint density at radius 2 is 1.73 bits per heavy atom. The molecule has 2 unspecified atom stereocenters. The normalized spacial score (nSPS) is 30.0. The number of fused-ring (bicyclic) bond motifs is 2. The van der Waals surface area contributed by atoms with Crippen LogP contribution in [0.1, 0.15) is 37.7 Å². The van der Waals surface area contributed by atoms with Gasteiger partial charge >= 0.3 is 0 Å². The summed E-state index contributed by atoms with van der Waals surface area (Å²) in [7, 11) is -3.08. The van der Waals surface area contributed by atoms with Crippen LogP contribution in [0, 0.1) is 17.6 Å². The third-order valence-electron chi connectivity index (χ3n) is 4.89. The summed E-state index contributed by atoms with van der Waals surface area (Å²) in [6.45, 7) is 0. The molecule has 2 heterocycles. The maximum atomic E-state index is 13.2. The van der Waals surface area contributed by atoms with Gasteiger partial charge < -0.3 is 0 Å². The van der Waals surface area contributed by atoms with Crippen LogP contribution in [0.4, 0.5) is 8.78 Å². The first-order valence-corrected chi connectivity index (χ1v) is 9.18. The SMILES string of the molecule is O=C(Cc1ccc(F)c(F)c1)C1CC2CCCC(C1)S2(=O)=O. The summed E-state index contributed by atoms with van der Waals surface area (Å²) in [5.41, 5.74) is 0.433. The number of carbonyl (C=O) groups excluding carboxylic acids is 1. The molecule has 6 heteroatoms. The number of benzene rings is 1. The number of hydrogen-bond acceptors (Lipinski definition) is 3. The van der Waals surface area contributed by atoms with Crippen molar-refractivity contribution in [2.75, 3.05) is 0 Å². The Morgan fingerprint density at radius 1 is 1.09 bits per heavy atom. The molecule has 0 aliphatic carbocycles. The van der Waals surface area contributed by atoms with E-state index < -0.39 is 32.0 Å². The summed E-state index contributed by atoms with van der Waals surface area (Å²) in [5, 5.41) is -0.808. The molecule has 0 spiro atoms. The Balaban J connectivity index is 1.72. The summed E-state index contributed by atoms with van der Waals surface area (Å²) < 4.78 is 50.5. The van der Waals surface area contributed by atoms with Crippen LogP contribution in [0.5, 0.6) is 0 Å². The molecule has 2 atom stereocenters. The molecule has 22 heavy (non-hydrogen) atoms. The van der Waals surface area contributed by atoms with E-state index in [9.17, 15) is 22.0 Å². The molecule has 2 aliphatic heterocycles. The predicted octanol–water partition coefficient (Wildman–Crippen LogP) is 2.82. The van der Waals surface area contributed by atoms with Crippen LogP contribution in [-0.2, 0) is 21.1 Å². The molecule has 0 N–H and O–H groups in total. The van der Waals surface area contributed by atoms with Gasteiger partial charge in [0, 0.05) is 12.3 Å². The van der Waals surface area contributed by atoms with Gasteiger partial charge in [-0.2, -0.15) is 0 Å². The van der Waals surface area contributed by atoms with Gasteiger partial charge in [0.1, 0.15) is 5.78 Å². The molecule has 1 aromatic carbocycles. The van der Waals surface area contributed by atoms with E-state index in [4.69, 9.17) is 0 Å². The highest BCUT2D eigenvalue weighted by atomic mass is 32.2. The Kier molecular flexibility index (Phi) is 4.05. The first-order chi connectivity index (χ1) is 10.4. The second-order valence-corrected chi connectivity index (χ2v) is 8.84. The van der Waals surface area contributed by atoms with Crippen molar-refractivity contribution < 1.29 is 22.0 Å². The number of rotatable bonds is 3. The molecule has 0 aromatic heterocycles. The van der Waals surface area contributed by atoms with Gasteiger partial charge in [-0.3, -0.25) is 4.79 Å². The van der Waals surface area contributed by atoms with E-state index in [1.54, 1.807) is 0 Å². The number of Topliss-reactive ketones (excluding diaryl/α,β-unsaturated/α-hetero) is 1. The highest BCUT2D eigenvalue weighted by molar-refractivity contribution is 7.92. The van der Waals surface area contributed by atoms with Crippen molar-refractivity contribution in [1.82, 2.24) is 0 Å². The molecule has 2 saturated heterocycles. The summed E-state index contributed by atoms with van der Waals surface area (Å²) >= 11 is 0. The summed E-state index contributed by atoms with van der Waals surface area (Å²) in [4.78, 5) is 12.4. The average Bonchev–Trinajstić information content (AvgIpc) is 2.41. The fraction of sp³-hybridized carbons (Fsp3) is 0.562. The maximum absolute atomic E-state index is 13.2. The molecule has 0 radical (unpaired) electrons. The van der Waals surface area contributed by atoms with Gasteiger partial charge in [0.05, 0.1) is 10.5 Å². The minimum Gasteiger partial charge on any atom is -0.299 e. The van der Waals surface area contributed by atoms with E-state index in [0.29, 0.717) is 31.2 Å². The average molecular weight is 328 g/mol. The van der Waals surface area contributed by atoms with Crippen molar-refractivity contribution in [3.8, 4) is 0 Å². The molecular formula is C16H18F2O3S. The van der Waals surface area contributed by atoms with Crippen molar-refractivity contribution in [2.45, 2.75) is 49.0 Å². The minimum absolute atomic E-state index is 0.0291. The lowest BCUT2D eigenvalue weighted by atomic mass is 9.85. The summed E-state index contributed by atoms with van der Waals surface area (Å²) in [6, 6.07) is 3.45. The molecule has 3 rings (SSSR count). The lowest BCUT2D eigenvalue weighted by Crippen LogP contribution is -2.45. The van der Waals surface area contributed by atoms with Gasteiger partial charge in [-0.25, -0.2) is 17.2 Å². The number of ketones is 1. The number of halogens is 2. The van der Waals surface area contributed by atoms with Crippen molar-refractivity contribution in [3.05, 3.63) is 35.4 Å². The van der Waals surface area contributed by atoms with E-state index in [1.165, 1.54) is 6.07 Å². The van der Waals surface area contributed by atoms with Crippen LogP contribution in [0.2, 0.25) is 0 Å². The lowest BCUT2D eigenvalue weighted by molar-refractivity contribution is -0.122. The Hall–Kier alpha value is -1.30. The van der Waals surface area contributed by atoms with Crippen LogP contribution < -0.4 is 0 Å². The number of carbonyl (C=O) groups is 1. The fourth-order valence-electron chi connectivity index (χ4n) is 3.67. The molecule has 2 aliphatic rings. The van der Waals surface area contributed by atoms with Crippen molar-refractivity contribution >= 4 is 15.6 Å². The maximum Gasteiger partial charge on any atom is 0.159 e. The largest absolute Gasteiger partial charge is 0.299 e. The standard InChI is InChI=1S/C16H18F2O3S/c17-14-5-4-10(6-15(14)18)7-16(19)11-8-12-2-1-3-13(9-11)22(12,20)21/h4-6,11-13H,1-3,7-9H2. The van der Waals surface area contributed by atoms with E-state index in [0.717, 1.165) is 18.6 Å². The quantitative estimate of drug-likeness (QED) is 0.857. The molecule has 0 saturated carbocycles. The van der Waals surface area contributed by atoms with Gasteiger partial charge in [0.15, 0.2) is 21.5 Å². The first-order valence-electron chi connectivity index (χ1n) is 7.57. The Labute approximate surface area is 128 Å². The van der Waals surface area contributed by atoms with Crippen molar-refractivity contribution in [3.63, 3.8) is 0 Å². The third kappa shape index (κ3) is 2.81. The molecule has 3 nitrogen and oxygen atoms in total. The minimum atomic E-state index is -3.08. The molecule has 2 bridgehead atoms. The molecule has 0 amide bonds. The molecule has 2 fully saturated rings. The summed E-state index contributed by atoms with van der Waals surface area (Å²) in [6.07, 6.45) is 2.95. The van der Waals surface area contributed by atoms with E-state index in [2.05, 4.69) is 0 Å². The first kappa shape index (κ1) is 15.6. The number of sulfone groups is 1. The highest BCUT2D eigenvalue weighted by Gasteiger charge is 2.45. The second-order valence-electron chi connectivity index (χ2n) is 6.32. The zero-order chi connectivity index (χ0) is 15.9. The van der Waals surface area contributed by atoms with Crippen LogP contribution in [0.25, 0.3) is 0 Å². The van der Waals surface area contributed by atoms with E-state index in [-0.39, 0.29) is 18.1 Å². The van der Waals surface area contributed by atoms with Crippen LogP contribution in [0.15, 0.2) is 18.2 Å². The zero-order valence-corrected chi connectivity index (χ0v) is 12.9. The number of hydrogen-bond donors (Lipinski definition) is 0. The molecule has 120 valence electrons. The van der Waals surface area contributed by atoms with E-state index in [1.807, 2.05) is 0 Å². The zero-order valence-electron chi connectivity index (χ0n) is 12.1. The van der Waals surface area contributed by atoms with E-state index >= 15 is 0 Å². The van der Waals surface area contributed by atoms with Gasteiger partial charge in [-0.05, 0) is 43.4 Å². The smallest absolute Gasteiger partial charge is 0.159 e. The van der Waals surface area contributed by atoms with Crippen LogP contribution in [-0.4, -0.2) is 24.7 Å². The summed E-state index contributed by atoms with van der Waals surface area (Å²) in [5.74, 6) is -2.26. The van der Waals surface area contributed by atoms with Crippen molar-refractivity contribution in [2.24, 2.45) is 5.92 Å². The lowest BCUT2D eigenvalue weighted by Gasteiger charge is -2.38. The van der Waals surface area contributed by atoms with Gasteiger partial charge in [-0.15, -0.1) is 0 Å². The highest BCUT2D eigenvalue weighted by Crippen LogP contribution is 2.39. The van der Waals surface area contributed by atoms with Crippen molar-refractivity contribution in [1.29, 1.82) is 0 Å². The van der Waals surface area contributed by atoms with Crippen LogP contribution >= 0.6 is 0 Å². The topological polar surface area (TPSA) is 51.2 Å². The third-order valence-corrected chi connectivity index (χ3v) is 7.61. The van der Waals surface area contributed by atoms with Crippen LogP contribution in [0.3, 0.4) is 0 Å². The molecular weight excluding hydrogens is 310 g/mol. The van der Waals surface area contributed by atoms with Gasteiger partial charge in [0.25, 0.3) is 0 Å². The Morgan fingerprint density at radius 3 is 2.32 bits per heavy atom. The monoisotopic (exact) mass is 328 g/mol.